The van der Waals surface area contributed by atoms with E-state index in [2.05, 4.69) is 26.1 Å². The average Bonchev–Trinajstić information content (AvgIpc) is 1.83. The molecule has 1 nitrogen and oxygen atoms in total. The van der Waals surface area contributed by atoms with Crippen molar-refractivity contribution in [3.05, 3.63) is 0 Å². The molecule has 0 aromatic heterocycles. The van der Waals surface area contributed by atoms with Gasteiger partial charge in [-0.2, -0.15) is 0 Å². The topological polar surface area (TPSA) is 12.0 Å². The Balaban J connectivity index is 0. The third-order valence-corrected chi connectivity index (χ3v) is 1.44. The molecule has 52 valence electrons. The largest absolute Gasteiger partial charge is 0.317 e. The summed E-state index contributed by atoms with van der Waals surface area (Å²) < 4.78 is 0. The van der Waals surface area contributed by atoms with Gasteiger partial charge in [-0.3, -0.25) is 0 Å². The van der Waals surface area contributed by atoms with E-state index >= 15 is 0 Å². The molecule has 8 heavy (non-hydrogen) atoms. The van der Waals surface area contributed by atoms with E-state index in [1.807, 2.05) is 0 Å². The molecule has 0 bridgehead atoms. The highest BCUT2D eigenvalue weighted by Gasteiger charge is 1.93. The van der Waals surface area contributed by atoms with Crippen LogP contribution in [0.2, 0.25) is 0 Å². The Morgan fingerprint density at radius 2 is 2.12 bits per heavy atom. The molecule has 0 radical (unpaired) electrons. The molecule has 0 heterocycles. The van der Waals surface area contributed by atoms with Crippen LogP contribution in [0.1, 0.15) is 28.6 Å². The Morgan fingerprint density at radius 1 is 1.50 bits per heavy atom. The first kappa shape index (κ1) is 7.96. The summed E-state index contributed by atoms with van der Waals surface area (Å²) in [7, 11) is 0. The van der Waals surface area contributed by atoms with Crippen LogP contribution in [0.4, 0.5) is 0 Å². The van der Waals surface area contributed by atoms with E-state index in [9.17, 15) is 0 Å². The lowest BCUT2D eigenvalue weighted by atomic mass is 10.1. The quantitative estimate of drug-likeness (QED) is 0.593. The molecule has 0 fully saturated rings. The molecule has 0 aliphatic rings. The summed E-state index contributed by atoms with van der Waals surface area (Å²) in [6.07, 6.45) is 1.28. The van der Waals surface area contributed by atoms with Crippen LogP contribution in [-0.4, -0.2) is 13.1 Å². The molecule has 0 amide bonds. The van der Waals surface area contributed by atoms with Crippen molar-refractivity contribution in [1.29, 1.82) is 0 Å². The van der Waals surface area contributed by atoms with Crippen molar-refractivity contribution in [2.24, 2.45) is 5.92 Å². The molecular weight excluding hydrogens is 98.1 g/mol. The molecule has 0 aromatic rings. The minimum absolute atomic E-state index is 0. The first-order chi connectivity index (χ1) is 3.81. The molecule has 0 aliphatic carbocycles. The third-order valence-electron chi connectivity index (χ3n) is 1.44. The van der Waals surface area contributed by atoms with E-state index < -0.39 is 0 Å². The van der Waals surface area contributed by atoms with Gasteiger partial charge >= 0.3 is 0 Å². The van der Waals surface area contributed by atoms with Crippen LogP contribution in [0.5, 0.6) is 0 Å². The summed E-state index contributed by atoms with van der Waals surface area (Å²) >= 11 is 0. The summed E-state index contributed by atoms with van der Waals surface area (Å²) in [6, 6.07) is 0. The lowest BCUT2D eigenvalue weighted by Gasteiger charge is -2.06. The van der Waals surface area contributed by atoms with E-state index in [-0.39, 0.29) is 1.43 Å². The molecular formula is C7H19N. The van der Waals surface area contributed by atoms with Gasteiger partial charge in [-0.15, -0.1) is 0 Å². The van der Waals surface area contributed by atoms with Crippen molar-refractivity contribution in [2.75, 3.05) is 13.1 Å². The van der Waals surface area contributed by atoms with E-state index in [0.717, 1.165) is 12.5 Å². The Labute approximate surface area is 54.0 Å². The van der Waals surface area contributed by atoms with Crippen LogP contribution < -0.4 is 5.32 Å². The lowest BCUT2D eigenvalue weighted by Crippen LogP contribution is -2.19. The van der Waals surface area contributed by atoms with Gasteiger partial charge in [0, 0.05) is 1.43 Å². The molecule has 1 heteroatoms. The van der Waals surface area contributed by atoms with Crippen LogP contribution >= 0.6 is 0 Å². The monoisotopic (exact) mass is 117 g/mol. The SMILES string of the molecule is CCNC[C@H](C)CC.[HH]. The van der Waals surface area contributed by atoms with Crippen molar-refractivity contribution in [3.8, 4) is 0 Å². The first-order valence-corrected chi connectivity index (χ1v) is 3.52. The summed E-state index contributed by atoms with van der Waals surface area (Å²) in [4.78, 5) is 0. The minimum Gasteiger partial charge on any atom is -0.317 e. The third kappa shape index (κ3) is 4.13. The normalized spacial score (nSPS) is 13.9. The van der Waals surface area contributed by atoms with E-state index in [0.29, 0.717) is 0 Å². The number of hydrogen-bond acceptors (Lipinski definition) is 1. The Hall–Kier alpha value is -0.0400. The fourth-order valence-corrected chi connectivity index (χ4v) is 0.535. The van der Waals surface area contributed by atoms with Gasteiger partial charge in [0.1, 0.15) is 0 Å². The lowest BCUT2D eigenvalue weighted by molar-refractivity contribution is 0.510. The zero-order valence-corrected chi connectivity index (χ0v) is 6.20. The Morgan fingerprint density at radius 3 is 2.50 bits per heavy atom. The maximum Gasteiger partial charge on any atom is 0 e. The summed E-state index contributed by atoms with van der Waals surface area (Å²) in [5, 5.41) is 3.30. The fraction of sp³-hybridized carbons (Fsp3) is 1.00. The number of rotatable bonds is 4. The maximum absolute atomic E-state index is 3.30. The molecule has 0 spiro atoms. The molecule has 0 saturated carbocycles. The maximum atomic E-state index is 3.30. The fourth-order valence-electron chi connectivity index (χ4n) is 0.535. The number of hydrogen-bond donors (Lipinski definition) is 1. The van der Waals surface area contributed by atoms with Crippen LogP contribution in [0.25, 0.3) is 0 Å². The molecule has 1 N–H and O–H groups in total. The van der Waals surface area contributed by atoms with Crippen LogP contribution in [-0.2, 0) is 0 Å². The van der Waals surface area contributed by atoms with Gasteiger partial charge < -0.3 is 5.32 Å². The van der Waals surface area contributed by atoms with E-state index in [1.165, 1.54) is 13.0 Å². The van der Waals surface area contributed by atoms with E-state index in [1.54, 1.807) is 0 Å². The van der Waals surface area contributed by atoms with Crippen LogP contribution in [0.15, 0.2) is 0 Å². The van der Waals surface area contributed by atoms with Gasteiger partial charge in [-0.1, -0.05) is 27.2 Å². The summed E-state index contributed by atoms with van der Waals surface area (Å²) in [5.41, 5.74) is 0. The molecule has 1 atom stereocenters. The van der Waals surface area contributed by atoms with Gasteiger partial charge in [0.2, 0.25) is 0 Å². The second kappa shape index (κ2) is 5.10. The van der Waals surface area contributed by atoms with Crippen LogP contribution in [0.3, 0.4) is 0 Å². The molecule has 0 saturated heterocycles. The first-order valence-electron chi connectivity index (χ1n) is 3.52. The average molecular weight is 117 g/mol. The zero-order valence-electron chi connectivity index (χ0n) is 6.20. The second-order valence-corrected chi connectivity index (χ2v) is 2.32. The smallest absolute Gasteiger partial charge is 0 e. The minimum atomic E-state index is 0. The highest BCUT2D eigenvalue weighted by Crippen LogP contribution is 1.95. The standard InChI is InChI=1S/C7H17N.H2/c1-4-7(3)6-8-5-2;/h7-8H,4-6H2,1-3H3;1H/t7-;/m1./s1. The number of nitrogens with one attached hydrogen (secondary N) is 1. The molecule has 0 aliphatic heterocycles. The van der Waals surface area contributed by atoms with Crippen molar-refractivity contribution in [1.82, 2.24) is 5.32 Å². The molecule has 0 rings (SSSR count). The van der Waals surface area contributed by atoms with Gasteiger partial charge in [0.15, 0.2) is 0 Å². The van der Waals surface area contributed by atoms with Gasteiger partial charge in [-0.25, -0.2) is 0 Å². The molecule has 0 aromatic carbocycles. The summed E-state index contributed by atoms with van der Waals surface area (Å²) in [5.74, 6) is 0.843. The Kier molecular flexibility index (Phi) is 5.08. The van der Waals surface area contributed by atoms with Gasteiger partial charge in [0.05, 0.1) is 0 Å². The van der Waals surface area contributed by atoms with Gasteiger partial charge in [-0.05, 0) is 19.0 Å². The molecule has 0 unspecified atom stereocenters. The predicted octanol–water partition coefficient (Wildman–Crippen LogP) is 1.89. The van der Waals surface area contributed by atoms with Gasteiger partial charge in [0.25, 0.3) is 0 Å². The second-order valence-electron chi connectivity index (χ2n) is 2.32. The zero-order chi connectivity index (χ0) is 6.41. The van der Waals surface area contributed by atoms with Crippen molar-refractivity contribution < 1.29 is 1.43 Å². The highest BCUT2D eigenvalue weighted by molar-refractivity contribution is 4.51. The van der Waals surface area contributed by atoms with E-state index in [4.69, 9.17) is 0 Å². The summed E-state index contributed by atoms with van der Waals surface area (Å²) in [6.45, 7) is 8.91. The predicted molar refractivity (Wildman–Crippen MR) is 40.1 cm³/mol. The van der Waals surface area contributed by atoms with Crippen molar-refractivity contribution in [2.45, 2.75) is 27.2 Å². The highest BCUT2D eigenvalue weighted by atomic mass is 14.8. The van der Waals surface area contributed by atoms with Crippen molar-refractivity contribution in [3.63, 3.8) is 0 Å². The van der Waals surface area contributed by atoms with Crippen molar-refractivity contribution >= 4 is 0 Å². The van der Waals surface area contributed by atoms with Crippen LogP contribution in [0, 0.1) is 5.92 Å². The Bertz CT molecular complexity index is 48.2.